The van der Waals surface area contributed by atoms with Crippen molar-refractivity contribution in [1.29, 1.82) is 0 Å². The molecule has 1 aromatic heterocycles. The molecule has 0 saturated heterocycles. The number of sulfonamides is 1. The molecule has 0 unspecified atom stereocenters. The fourth-order valence-electron chi connectivity index (χ4n) is 0.922. The van der Waals surface area contributed by atoms with E-state index < -0.39 is 10.0 Å². The molecule has 1 aromatic rings. The Hall–Kier alpha value is -0.500. The molecule has 0 spiro atoms. The van der Waals surface area contributed by atoms with Crippen LogP contribution in [0.3, 0.4) is 0 Å². The van der Waals surface area contributed by atoms with Gasteiger partial charge in [-0.25, -0.2) is 18.1 Å². The van der Waals surface area contributed by atoms with Gasteiger partial charge in [0.05, 0.1) is 5.69 Å². The highest BCUT2D eigenvalue weighted by atomic mass is 32.2. The Bertz CT molecular complexity index is 419. The highest BCUT2D eigenvalue weighted by Crippen LogP contribution is 2.20. The van der Waals surface area contributed by atoms with Gasteiger partial charge in [0.2, 0.25) is 4.34 Å². The molecule has 0 aliphatic rings. The van der Waals surface area contributed by atoms with Gasteiger partial charge in [0, 0.05) is 17.5 Å². The highest BCUT2D eigenvalue weighted by Gasteiger charge is 2.21. The second kappa shape index (κ2) is 4.56. The number of hydrogen-bond donors (Lipinski definition) is 2. The zero-order valence-corrected chi connectivity index (χ0v) is 10.6. The van der Waals surface area contributed by atoms with Crippen molar-refractivity contribution in [3.05, 3.63) is 10.6 Å². The van der Waals surface area contributed by atoms with Gasteiger partial charge in [-0.2, -0.15) is 0 Å². The molecule has 0 fully saturated rings. The average molecular weight is 249 g/mol. The minimum atomic E-state index is -3.50. The first-order chi connectivity index (χ1) is 6.86. The van der Waals surface area contributed by atoms with Crippen LogP contribution in [0.25, 0.3) is 0 Å². The smallest absolute Gasteiger partial charge is 0.268 e. The van der Waals surface area contributed by atoms with E-state index >= 15 is 0 Å². The van der Waals surface area contributed by atoms with Crippen LogP contribution in [0.4, 0.5) is 0 Å². The van der Waals surface area contributed by atoms with Crippen LogP contribution in [0.1, 0.15) is 17.5 Å². The second-order valence-electron chi connectivity index (χ2n) is 3.38. The molecule has 1 heterocycles. The quantitative estimate of drug-likeness (QED) is 0.808. The number of aromatic nitrogens is 1. The molecular formula is C8H15N3O2S2. The van der Waals surface area contributed by atoms with Crippen LogP contribution >= 0.6 is 11.3 Å². The zero-order valence-electron chi connectivity index (χ0n) is 8.94. The third-order valence-corrected chi connectivity index (χ3v) is 4.99. The molecular weight excluding hydrogens is 234 g/mol. The van der Waals surface area contributed by atoms with Crippen molar-refractivity contribution < 1.29 is 8.42 Å². The van der Waals surface area contributed by atoms with Gasteiger partial charge >= 0.3 is 0 Å². The normalized spacial score (nSPS) is 14.1. The molecule has 0 aliphatic heterocycles. The van der Waals surface area contributed by atoms with Crippen molar-refractivity contribution in [2.24, 2.45) is 5.73 Å². The van der Waals surface area contributed by atoms with Gasteiger partial charge in [-0.1, -0.05) is 0 Å². The summed E-state index contributed by atoms with van der Waals surface area (Å²) in [6, 6.07) is -0.278. The van der Waals surface area contributed by atoms with Gasteiger partial charge in [0.25, 0.3) is 10.0 Å². The summed E-state index contributed by atoms with van der Waals surface area (Å²) in [5.74, 6) is 0. The van der Waals surface area contributed by atoms with Crippen LogP contribution in [-0.4, -0.2) is 26.0 Å². The number of rotatable bonds is 4. The molecule has 3 N–H and O–H groups in total. The lowest BCUT2D eigenvalue weighted by Gasteiger charge is -2.09. The molecule has 0 radical (unpaired) electrons. The Morgan fingerprint density at radius 3 is 2.53 bits per heavy atom. The Labute approximate surface area is 93.8 Å². The third kappa shape index (κ3) is 2.97. The van der Waals surface area contributed by atoms with E-state index in [0.717, 1.165) is 10.6 Å². The van der Waals surface area contributed by atoms with E-state index in [0.29, 0.717) is 0 Å². The average Bonchev–Trinajstić information content (AvgIpc) is 2.47. The maximum Gasteiger partial charge on any atom is 0.268 e. The number of aryl methyl sites for hydroxylation is 2. The van der Waals surface area contributed by atoms with E-state index in [1.165, 1.54) is 11.3 Å². The van der Waals surface area contributed by atoms with Crippen LogP contribution in [-0.2, 0) is 10.0 Å². The zero-order chi connectivity index (χ0) is 11.6. The summed E-state index contributed by atoms with van der Waals surface area (Å²) in [5.41, 5.74) is 6.10. The monoisotopic (exact) mass is 249 g/mol. The Morgan fingerprint density at radius 2 is 2.13 bits per heavy atom. The molecule has 5 nitrogen and oxygen atoms in total. The molecule has 15 heavy (non-hydrogen) atoms. The Kier molecular flexibility index (Phi) is 3.82. The first kappa shape index (κ1) is 12.6. The minimum absolute atomic E-state index is 0.109. The third-order valence-electron chi connectivity index (χ3n) is 1.95. The molecule has 0 amide bonds. The van der Waals surface area contributed by atoms with Crippen molar-refractivity contribution in [3.8, 4) is 0 Å². The van der Waals surface area contributed by atoms with E-state index in [2.05, 4.69) is 9.71 Å². The van der Waals surface area contributed by atoms with Crippen LogP contribution in [0.2, 0.25) is 0 Å². The van der Waals surface area contributed by atoms with E-state index in [9.17, 15) is 8.42 Å². The lowest BCUT2D eigenvalue weighted by atomic mass is 10.4. The number of nitrogens with zero attached hydrogens (tertiary/aromatic N) is 1. The molecule has 86 valence electrons. The molecule has 0 saturated carbocycles. The summed E-state index contributed by atoms with van der Waals surface area (Å²) >= 11 is 1.17. The molecule has 0 bridgehead atoms. The first-order valence-corrected chi connectivity index (χ1v) is 6.83. The topological polar surface area (TPSA) is 85.1 Å². The van der Waals surface area contributed by atoms with E-state index in [1.54, 1.807) is 13.8 Å². The van der Waals surface area contributed by atoms with Gasteiger partial charge in [0.15, 0.2) is 0 Å². The van der Waals surface area contributed by atoms with E-state index in [-0.39, 0.29) is 16.9 Å². The Morgan fingerprint density at radius 1 is 1.53 bits per heavy atom. The predicted octanol–water partition coefficient (Wildman–Crippen LogP) is 0.385. The summed E-state index contributed by atoms with van der Waals surface area (Å²) in [6.45, 7) is 5.61. The van der Waals surface area contributed by atoms with Crippen molar-refractivity contribution in [2.75, 3.05) is 6.54 Å². The molecule has 0 aliphatic carbocycles. The van der Waals surface area contributed by atoms with Gasteiger partial charge in [-0.15, -0.1) is 11.3 Å². The standard InChI is InChI=1S/C8H15N3O2S2/c1-5(4-9)11-15(12,13)8-10-6(2)7(3)14-8/h5,11H,4,9H2,1-3H3/t5-/m1/s1. The number of nitrogens with one attached hydrogen (secondary N) is 1. The molecule has 0 aromatic carbocycles. The summed E-state index contributed by atoms with van der Waals surface area (Å²) in [6.07, 6.45) is 0. The fourth-order valence-corrected chi connectivity index (χ4v) is 3.50. The van der Waals surface area contributed by atoms with Gasteiger partial charge in [-0.05, 0) is 20.8 Å². The maximum atomic E-state index is 11.7. The number of nitrogens with two attached hydrogens (primary N) is 1. The van der Waals surface area contributed by atoms with Crippen LogP contribution in [0.15, 0.2) is 4.34 Å². The molecule has 1 rings (SSSR count). The second-order valence-corrected chi connectivity index (χ2v) is 6.47. The largest absolute Gasteiger partial charge is 0.329 e. The SMILES string of the molecule is Cc1nc(S(=O)(=O)N[C@H](C)CN)sc1C. The summed E-state index contributed by atoms with van der Waals surface area (Å²) in [5, 5.41) is 0. The van der Waals surface area contributed by atoms with Crippen molar-refractivity contribution in [1.82, 2.24) is 9.71 Å². The Balaban J connectivity index is 2.96. The lowest BCUT2D eigenvalue weighted by molar-refractivity contribution is 0.561. The van der Waals surface area contributed by atoms with Crippen molar-refractivity contribution in [3.63, 3.8) is 0 Å². The minimum Gasteiger partial charge on any atom is -0.329 e. The van der Waals surface area contributed by atoms with Crippen LogP contribution in [0, 0.1) is 13.8 Å². The summed E-state index contributed by atoms with van der Waals surface area (Å²) in [4.78, 5) is 4.91. The first-order valence-electron chi connectivity index (χ1n) is 4.53. The van der Waals surface area contributed by atoms with Gasteiger partial charge < -0.3 is 5.73 Å². The molecule has 7 heteroatoms. The highest BCUT2D eigenvalue weighted by molar-refractivity contribution is 7.91. The van der Waals surface area contributed by atoms with E-state index in [1.807, 2.05) is 6.92 Å². The lowest BCUT2D eigenvalue weighted by Crippen LogP contribution is -2.37. The fraction of sp³-hybridized carbons (Fsp3) is 0.625. The van der Waals surface area contributed by atoms with Crippen LogP contribution < -0.4 is 10.5 Å². The predicted molar refractivity (Wildman–Crippen MR) is 60.4 cm³/mol. The van der Waals surface area contributed by atoms with E-state index in [4.69, 9.17) is 5.73 Å². The molecule has 1 atom stereocenters. The van der Waals surface area contributed by atoms with Crippen molar-refractivity contribution in [2.45, 2.75) is 31.2 Å². The van der Waals surface area contributed by atoms with Gasteiger partial charge in [0.1, 0.15) is 0 Å². The van der Waals surface area contributed by atoms with Crippen LogP contribution in [0.5, 0.6) is 0 Å². The maximum absolute atomic E-state index is 11.7. The summed E-state index contributed by atoms with van der Waals surface area (Å²) in [7, 11) is -3.50. The number of thiazole rings is 1. The van der Waals surface area contributed by atoms with Crippen molar-refractivity contribution >= 4 is 21.4 Å². The number of hydrogen-bond acceptors (Lipinski definition) is 5. The van der Waals surface area contributed by atoms with Gasteiger partial charge in [-0.3, -0.25) is 0 Å². The summed E-state index contributed by atoms with van der Waals surface area (Å²) < 4.78 is 26.1.